The molecule has 0 aliphatic heterocycles. The second-order valence-electron chi connectivity index (χ2n) is 4.94. The molecule has 108 valence electrons. The number of nitrogens with zero attached hydrogens (tertiary/aromatic N) is 1. The van der Waals surface area contributed by atoms with Crippen LogP contribution in [0.1, 0.15) is 11.1 Å². The minimum absolute atomic E-state index is 0.541. The summed E-state index contributed by atoms with van der Waals surface area (Å²) in [6.07, 6.45) is 0.545. The third kappa shape index (κ3) is 3.36. The molecule has 3 rings (SSSR count). The van der Waals surface area contributed by atoms with E-state index in [4.69, 9.17) is 0 Å². The summed E-state index contributed by atoms with van der Waals surface area (Å²) in [5, 5.41) is 4.03. The fraction of sp³-hybridized carbons (Fsp3) is 0.188. The van der Waals surface area contributed by atoms with Crippen molar-refractivity contribution in [1.82, 2.24) is 4.98 Å². The Morgan fingerprint density at radius 2 is 1.86 bits per heavy atom. The fourth-order valence-corrected chi connectivity index (χ4v) is 3.17. The van der Waals surface area contributed by atoms with Crippen molar-refractivity contribution in [3.8, 4) is 0 Å². The first-order valence-corrected chi connectivity index (χ1v) is 7.48. The number of hydrogen-bond acceptors (Lipinski definition) is 3. The van der Waals surface area contributed by atoms with Gasteiger partial charge in [-0.2, -0.15) is 0 Å². The summed E-state index contributed by atoms with van der Waals surface area (Å²) in [4.78, 5) is 4.48. The average Bonchev–Trinajstić information content (AvgIpc) is 2.79. The summed E-state index contributed by atoms with van der Waals surface area (Å²) in [6.45, 7) is 2.63. The number of aromatic nitrogens is 1. The minimum atomic E-state index is -0.541. The van der Waals surface area contributed by atoms with Crippen LogP contribution in [0.3, 0.4) is 0 Å². The molecule has 0 unspecified atom stereocenters. The van der Waals surface area contributed by atoms with Gasteiger partial charge in [0.25, 0.3) is 0 Å². The number of halogens is 2. The quantitative estimate of drug-likeness (QED) is 0.765. The molecule has 0 bridgehead atoms. The van der Waals surface area contributed by atoms with E-state index in [0.717, 1.165) is 21.4 Å². The van der Waals surface area contributed by atoms with Crippen LogP contribution in [0.15, 0.2) is 36.4 Å². The van der Waals surface area contributed by atoms with Crippen LogP contribution < -0.4 is 5.32 Å². The first kappa shape index (κ1) is 13.9. The van der Waals surface area contributed by atoms with Gasteiger partial charge in [0, 0.05) is 12.6 Å². The van der Waals surface area contributed by atoms with E-state index >= 15 is 0 Å². The van der Waals surface area contributed by atoms with Crippen molar-refractivity contribution in [3.05, 3.63) is 59.2 Å². The largest absolute Gasteiger partial charge is 0.361 e. The normalized spacial score (nSPS) is 11.0. The van der Waals surface area contributed by atoms with E-state index in [1.165, 1.54) is 17.7 Å². The van der Waals surface area contributed by atoms with Gasteiger partial charge in [-0.25, -0.2) is 13.8 Å². The average molecular weight is 304 g/mol. The zero-order chi connectivity index (χ0) is 14.8. The maximum atomic E-state index is 13.1. The van der Waals surface area contributed by atoms with Crippen LogP contribution in [-0.2, 0) is 6.42 Å². The molecule has 0 atom stereocenters. The Bertz CT molecular complexity index is 763. The number of anilines is 1. The highest BCUT2D eigenvalue weighted by molar-refractivity contribution is 7.22. The highest BCUT2D eigenvalue weighted by atomic mass is 32.1. The van der Waals surface area contributed by atoms with Gasteiger partial charge in [-0.05, 0) is 48.7 Å². The lowest BCUT2D eigenvalue weighted by molar-refractivity contribution is 0.580. The molecule has 1 N–H and O–H groups in total. The topological polar surface area (TPSA) is 24.9 Å². The minimum Gasteiger partial charge on any atom is -0.361 e. The van der Waals surface area contributed by atoms with Gasteiger partial charge in [-0.3, -0.25) is 0 Å². The van der Waals surface area contributed by atoms with Crippen molar-refractivity contribution in [2.45, 2.75) is 13.3 Å². The molecule has 1 heterocycles. The maximum absolute atomic E-state index is 13.1. The van der Waals surface area contributed by atoms with E-state index in [9.17, 15) is 8.78 Å². The molecule has 1 aromatic heterocycles. The molecule has 0 saturated heterocycles. The van der Waals surface area contributed by atoms with Gasteiger partial charge in [0.05, 0.1) is 10.2 Å². The van der Waals surface area contributed by atoms with E-state index in [0.29, 0.717) is 18.5 Å². The van der Waals surface area contributed by atoms with E-state index < -0.39 is 11.6 Å². The Hall–Kier alpha value is -2.01. The second-order valence-corrected chi connectivity index (χ2v) is 5.98. The lowest BCUT2D eigenvalue weighted by atomic mass is 10.1. The molecular formula is C16H14F2N2S. The summed E-state index contributed by atoms with van der Waals surface area (Å²) in [7, 11) is 0. The van der Waals surface area contributed by atoms with Gasteiger partial charge in [-0.1, -0.05) is 17.4 Å². The monoisotopic (exact) mass is 304 g/mol. The molecule has 0 spiro atoms. The molecule has 2 aromatic carbocycles. The van der Waals surface area contributed by atoms with Crippen LogP contribution in [-0.4, -0.2) is 11.5 Å². The van der Waals surface area contributed by atoms with Crippen LogP contribution in [0.2, 0.25) is 0 Å². The molecule has 0 radical (unpaired) electrons. The van der Waals surface area contributed by atoms with Crippen LogP contribution in [0.25, 0.3) is 10.2 Å². The number of thiazole rings is 1. The van der Waals surface area contributed by atoms with E-state index in [2.05, 4.69) is 16.4 Å². The highest BCUT2D eigenvalue weighted by Crippen LogP contribution is 2.26. The van der Waals surface area contributed by atoms with Crippen LogP contribution in [0.5, 0.6) is 0 Å². The molecule has 5 heteroatoms. The number of hydrogen-bond donors (Lipinski definition) is 1. The Kier molecular flexibility index (Phi) is 3.84. The summed E-state index contributed by atoms with van der Waals surface area (Å²) < 4.78 is 27.3. The molecule has 0 aliphatic carbocycles. The van der Waals surface area contributed by atoms with Crippen LogP contribution in [0.4, 0.5) is 13.9 Å². The van der Waals surface area contributed by atoms with Gasteiger partial charge in [-0.15, -0.1) is 0 Å². The standard InChI is InChI=1S/C16H14F2N2S/c1-10-2-3-14-15(6-10)21-16(20-14)19-5-4-11-7-12(17)9-13(18)8-11/h2-3,6-9H,4-5H2,1H3,(H,19,20). The zero-order valence-electron chi connectivity index (χ0n) is 11.5. The van der Waals surface area contributed by atoms with Gasteiger partial charge >= 0.3 is 0 Å². The Balaban J connectivity index is 1.66. The number of nitrogens with one attached hydrogen (secondary N) is 1. The molecule has 0 amide bonds. The Morgan fingerprint density at radius 1 is 1.10 bits per heavy atom. The summed E-state index contributed by atoms with van der Waals surface area (Å²) >= 11 is 1.58. The second kappa shape index (κ2) is 5.77. The van der Waals surface area contributed by atoms with Crippen molar-refractivity contribution >= 4 is 26.7 Å². The molecule has 2 nitrogen and oxygen atoms in total. The molecule has 0 saturated carbocycles. The zero-order valence-corrected chi connectivity index (χ0v) is 12.3. The first-order valence-electron chi connectivity index (χ1n) is 6.66. The van der Waals surface area contributed by atoms with Crippen LogP contribution in [0, 0.1) is 18.6 Å². The van der Waals surface area contributed by atoms with E-state index in [-0.39, 0.29) is 0 Å². The molecule has 3 aromatic rings. The van der Waals surface area contributed by atoms with Crippen molar-refractivity contribution in [2.75, 3.05) is 11.9 Å². The number of fused-ring (bicyclic) bond motifs is 1. The molecular weight excluding hydrogens is 290 g/mol. The number of aryl methyl sites for hydroxylation is 1. The van der Waals surface area contributed by atoms with Gasteiger partial charge in [0.2, 0.25) is 0 Å². The van der Waals surface area contributed by atoms with E-state index in [1.54, 1.807) is 11.3 Å². The maximum Gasteiger partial charge on any atom is 0.183 e. The fourth-order valence-electron chi connectivity index (χ4n) is 2.18. The van der Waals surface area contributed by atoms with Gasteiger partial charge in [0.1, 0.15) is 11.6 Å². The van der Waals surface area contributed by atoms with Gasteiger partial charge in [0.15, 0.2) is 5.13 Å². The third-order valence-corrected chi connectivity index (χ3v) is 4.13. The lowest BCUT2D eigenvalue weighted by Gasteiger charge is -2.03. The lowest BCUT2D eigenvalue weighted by Crippen LogP contribution is -2.05. The molecule has 0 fully saturated rings. The van der Waals surface area contributed by atoms with Crippen LogP contribution >= 0.6 is 11.3 Å². The summed E-state index contributed by atoms with van der Waals surface area (Å²) in [6, 6.07) is 9.71. The Labute approximate surface area is 125 Å². The summed E-state index contributed by atoms with van der Waals surface area (Å²) in [5.41, 5.74) is 2.80. The van der Waals surface area contributed by atoms with E-state index in [1.807, 2.05) is 19.1 Å². The Morgan fingerprint density at radius 3 is 2.62 bits per heavy atom. The van der Waals surface area contributed by atoms with Crippen molar-refractivity contribution < 1.29 is 8.78 Å². The molecule has 0 aliphatic rings. The smallest absolute Gasteiger partial charge is 0.183 e. The van der Waals surface area contributed by atoms with Crippen molar-refractivity contribution in [2.24, 2.45) is 0 Å². The van der Waals surface area contributed by atoms with Crippen molar-refractivity contribution in [3.63, 3.8) is 0 Å². The predicted octanol–water partition coefficient (Wildman–Crippen LogP) is 4.54. The number of benzene rings is 2. The first-order chi connectivity index (χ1) is 10.1. The molecule has 21 heavy (non-hydrogen) atoms. The third-order valence-electron chi connectivity index (χ3n) is 3.16. The highest BCUT2D eigenvalue weighted by Gasteiger charge is 2.04. The van der Waals surface area contributed by atoms with Gasteiger partial charge < -0.3 is 5.32 Å². The number of rotatable bonds is 4. The SMILES string of the molecule is Cc1ccc2nc(NCCc3cc(F)cc(F)c3)sc2c1. The van der Waals surface area contributed by atoms with Crippen molar-refractivity contribution in [1.29, 1.82) is 0 Å². The predicted molar refractivity (Wildman–Crippen MR) is 82.9 cm³/mol. The summed E-state index contributed by atoms with van der Waals surface area (Å²) in [5.74, 6) is -1.08.